The van der Waals surface area contributed by atoms with E-state index >= 15 is 0 Å². The van der Waals surface area contributed by atoms with Gasteiger partial charge >= 0.3 is 0 Å². The number of carbonyl (C=O) groups excluding carboxylic acids is 2. The van der Waals surface area contributed by atoms with E-state index in [-0.39, 0.29) is 23.3 Å². The molecule has 162 valence electrons. The second-order valence-corrected chi connectivity index (χ2v) is 9.41. The number of amides is 2. The van der Waals surface area contributed by atoms with Crippen molar-refractivity contribution in [3.8, 4) is 0 Å². The van der Waals surface area contributed by atoms with E-state index in [1.807, 2.05) is 0 Å². The van der Waals surface area contributed by atoms with Crippen LogP contribution in [0.25, 0.3) is 0 Å². The Balaban J connectivity index is 1.98. The van der Waals surface area contributed by atoms with Gasteiger partial charge in [0, 0.05) is 36.8 Å². The van der Waals surface area contributed by atoms with Crippen molar-refractivity contribution in [3.05, 3.63) is 65.2 Å². The maximum absolute atomic E-state index is 12.5. The molecule has 0 aliphatic heterocycles. The van der Waals surface area contributed by atoms with Gasteiger partial charge in [-0.25, -0.2) is 0 Å². The molecule has 3 N–H and O–H groups in total. The van der Waals surface area contributed by atoms with Crippen molar-refractivity contribution in [2.45, 2.75) is 46.1 Å². The predicted molar refractivity (Wildman–Crippen MR) is 123 cm³/mol. The molecule has 0 aliphatic carbocycles. The third kappa shape index (κ3) is 6.42. The number of quaternary nitrogens is 1. The average molecular weight is 411 g/mol. The fourth-order valence-corrected chi connectivity index (χ4v) is 3.40. The lowest BCUT2D eigenvalue weighted by Gasteiger charge is -2.22. The van der Waals surface area contributed by atoms with Crippen LogP contribution in [0.2, 0.25) is 0 Å². The van der Waals surface area contributed by atoms with Gasteiger partial charge < -0.3 is 15.5 Å². The van der Waals surface area contributed by atoms with Gasteiger partial charge in [-0.2, -0.15) is 0 Å². The summed E-state index contributed by atoms with van der Waals surface area (Å²) in [5.74, 6) is 0.284. The van der Waals surface area contributed by atoms with Gasteiger partial charge in [0.25, 0.3) is 11.8 Å². The molecule has 5 heteroatoms. The molecule has 0 unspecified atom stereocenters. The second kappa shape index (κ2) is 9.90. The van der Waals surface area contributed by atoms with E-state index in [2.05, 4.69) is 69.5 Å². The molecular weight excluding hydrogens is 374 g/mol. The summed E-state index contributed by atoms with van der Waals surface area (Å²) >= 11 is 0. The summed E-state index contributed by atoms with van der Waals surface area (Å²) in [7, 11) is 3.44. The zero-order chi connectivity index (χ0) is 22.5. The predicted octanol–water partition coefficient (Wildman–Crippen LogP) is 3.59. The lowest BCUT2D eigenvalue weighted by atomic mass is 9.85. The minimum Gasteiger partial charge on any atom is -0.345 e. The monoisotopic (exact) mass is 410 g/mol. The molecule has 0 aromatic heterocycles. The van der Waals surface area contributed by atoms with E-state index in [4.69, 9.17) is 0 Å². The molecule has 2 rings (SSSR count). The fraction of sp³-hybridized carbons (Fsp3) is 0.440. The number of benzene rings is 2. The van der Waals surface area contributed by atoms with Gasteiger partial charge in [-0.1, -0.05) is 58.9 Å². The first-order valence-corrected chi connectivity index (χ1v) is 10.5. The van der Waals surface area contributed by atoms with Crippen molar-refractivity contribution >= 4 is 17.5 Å². The molecule has 2 aromatic rings. The standard InChI is InChI=1S/C25H35N3O2/c1-17(2)23(18-8-12-20(13-9-18)25(3,4)5)26-16-22(29)27-21-14-10-19(11-15-21)24(30)28(6)7/h8-15,17,23,26H,16H2,1-7H3,(H,27,29)/p+1/t23-/m1/s1. The van der Waals surface area contributed by atoms with Crippen LogP contribution >= 0.6 is 0 Å². The summed E-state index contributed by atoms with van der Waals surface area (Å²) in [4.78, 5) is 26.0. The SMILES string of the molecule is CC(C)[C@@H]([NH2+]CC(=O)Nc1ccc(C(=O)N(C)C)cc1)c1ccc(C(C)(C)C)cc1. The topological polar surface area (TPSA) is 66.0 Å². The van der Waals surface area contributed by atoms with Crippen molar-refractivity contribution < 1.29 is 14.9 Å². The van der Waals surface area contributed by atoms with Crippen LogP contribution in [0.3, 0.4) is 0 Å². The maximum atomic E-state index is 12.5. The second-order valence-electron chi connectivity index (χ2n) is 9.41. The van der Waals surface area contributed by atoms with E-state index in [0.717, 1.165) is 0 Å². The largest absolute Gasteiger partial charge is 0.345 e. The lowest BCUT2D eigenvalue weighted by Crippen LogP contribution is -2.88. The summed E-state index contributed by atoms with van der Waals surface area (Å²) in [6.45, 7) is 11.3. The van der Waals surface area contributed by atoms with Gasteiger partial charge in [0.2, 0.25) is 0 Å². The summed E-state index contributed by atoms with van der Waals surface area (Å²) < 4.78 is 0. The molecule has 1 atom stereocenters. The van der Waals surface area contributed by atoms with E-state index in [1.165, 1.54) is 16.0 Å². The number of nitrogens with two attached hydrogens (primary N) is 1. The van der Waals surface area contributed by atoms with Crippen LogP contribution < -0.4 is 10.6 Å². The minimum absolute atomic E-state index is 0.0568. The zero-order valence-electron chi connectivity index (χ0n) is 19.3. The summed E-state index contributed by atoms with van der Waals surface area (Å²) in [5, 5.41) is 5.01. The van der Waals surface area contributed by atoms with Crippen LogP contribution in [0.1, 0.15) is 62.1 Å². The van der Waals surface area contributed by atoms with E-state index in [1.54, 1.807) is 38.4 Å². The molecule has 0 radical (unpaired) electrons. The molecule has 2 amide bonds. The van der Waals surface area contributed by atoms with Gasteiger partial charge in [-0.3, -0.25) is 9.59 Å². The van der Waals surface area contributed by atoms with Crippen LogP contribution in [0.5, 0.6) is 0 Å². The first-order valence-electron chi connectivity index (χ1n) is 10.5. The molecule has 0 heterocycles. The molecule has 0 fully saturated rings. The lowest BCUT2D eigenvalue weighted by molar-refractivity contribution is -0.692. The third-order valence-electron chi connectivity index (χ3n) is 5.26. The Morgan fingerprint density at radius 2 is 1.53 bits per heavy atom. The molecule has 0 saturated heterocycles. The molecule has 0 saturated carbocycles. The number of carbonyl (C=O) groups is 2. The Morgan fingerprint density at radius 3 is 2.00 bits per heavy atom. The smallest absolute Gasteiger partial charge is 0.279 e. The van der Waals surface area contributed by atoms with Crippen LogP contribution in [-0.2, 0) is 10.2 Å². The van der Waals surface area contributed by atoms with Crippen molar-refractivity contribution in [2.75, 3.05) is 26.0 Å². The summed E-state index contributed by atoms with van der Waals surface area (Å²) in [6.07, 6.45) is 0. The maximum Gasteiger partial charge on any atom is 0.279 e. The highest BCUT2D eigenvalue weighted by Gasteiger charge is 2.22. The third-order valence-corrected chi connectivity index (χ3v) is 5.26. The minimum atomic E-state index is -0.0570. The molecule has 0 bridgehead atoms. The van der Waals surface area contributed by atoms with Gasteiger partial charge in [-0.15, -0.1) is 0 Å². The number of nitrogens with one attached hydrogen (secondary N) is 1. The number of hydrogen-bond acceptors (Lipinski definition) is 2. The highest BCUT2D eigenvalue weighted by Crippen LogP contribution is 2.25. The summed E-state index contributed by atoms with van der Waals surface area (Å²) in [6, 6.07) is 15.9. The van der Waals surface area contributed by atoms with E-state index in [9.17, 15) is 9.59 Å². The van der Waals surface area contributed by atoms with Crippen molar-refractivity contribution in [3.63, 3.8) is 0 Å². The quantitative estimate of drug-likeness (QED) is 0.733. The molecule has 5 nitrogen and oxygen atoms in total. The molecule has 2 aromatic carbocycles. The Hall–Kier alpha value is -2.66. The number of hydrogen-bond donors (Lipinski definition) is 2. The fourth-order valence-electron chi connectivity index (χ4n) is 3.40. The van der Waals surface area contributed by atoms with Gasteiger partial charge in [-0.05, 0) is 35.2 Å². The summed E-state index contributed by atoms with van der Waals surface area (Å²) in [5.41, 5.74) is 3.96. The molecular formula is C25H36N3O2+. The van der Waals surface area contributed by atoms with E-state index in [0.29, 0.717) is 23.7 Å². The van der Waals surface area contributed by atoms with E-state index < -0.39 is 0 Å². The molecule has 0 spiro atoms. The number of nitrogens with zero attached hydrogens (tertiary/aromatic N) is 1. The number of rotatable bonds is 7. The van der Waals surface area contributed by atoms with Crippen LogP contribution in [0.15, 0.2) is 48.5 Å². The van der Waals surface area contributed by atoms with Crippen LogP contribution in [-0.4, -0.2) is 37.4 Å². The van der Waals surface area contributed by atoms with Crippen molar-refractivity contribution in [1.29, 1.82) is 0 Å². The molecule has 0 aliphatic rings. The van der Waals surface area contributed by atoms with Crippen LogP contribution in [0.4, 0.5) is 5.69 Å². The Labute approximate surface area is 180 Å². The Kier molecular flexibility index (Phi) is 7.79. The Morgan fingerprint density at radius 1 is 0.967 bits per heavy atom. The molecule has 30 heavy (non-hydrogen) atoms. The van der Waals surface area contributed by atoms with Gasteiger partial charge in [0.15, 0.2) is 6.54 Å². The van der Waals surface area contributed by atoms with Gasteiger partial charge in [0.05, 0.1) is 0 Å². The van der Waals surface area contributed by atoms with Crippen LogP contribution in [0, 0.1) is 5.92 Å². The zero-order valence-corrected chi connectivity index (χ0v) is 19.3. The first kappa shape index (κ1) is 23.6. The first-order chi connectivity index (χ1) is 14.0. The highest BCUT2D eigenvalue weighted by atomic mass is 16.2. The Bertz CT molecular complexity index is 847. The highest BCUT2D eigenvalue weighted by molar-refractivity contribution is 5.95. The van der Waals surface area contributed by atoms with Gasteiger partial charge in [0.1, 0.15) is 6.04 Å². The average Bonchev–Trinajstić information content (AvgIpc) is 2.67. The van der Waals surface area contributed by atoms with Crippen molar-refractivity contribution in [2.24, 2.45) is 5.92 Å². The number of anilines is 1. The van der Waals surface area contributed by atoms with Crippen molar-refractivity contribution in [1.82, 2.24) is 4.90 Å². The normalized spacial score (nSPS) is 12.5.